The zero-order valence-corrected chi connectivity index (χ0v) is 9.92. The molecular weight excluding hydrogens is 268 g/mol. The van der Waals surface area contributed by atoms with Gasteiger partial charge in [0.05, 0.1) is 11.9 Å². The second-order valence-corrected chi connectivity index (χ2v) is 4.08. The summed E-state index contributed by atoms with van der Waals surface area (Å²) in [5.41, 5.74) is 1.48. The van der Waals surface area contributed by atoms with Crippen LogP contribution < -0.4 is 0 Å². The van der Waals surface area contributed by atoms with Crippen molar-refractivity contribution in [2.45, 2.75) is 0 Å². The highest BCUT2D eigenvalue weighted by atomic mass is 79.9. The molecule has 0 aliphatic carbocycles. The molecular formula is C12H9BrN2O. The van der Waals surface area contributed by atoms with E-state index < -0.39 is 0 Å². The topological polar surface area (TPSA) is 45.5 Å². The van der Waals surface area contributed by atoms with Gasteiger partial charge in [0.15, 0.2) is 0 Å². The van der Waals surface area contributed by atoms with E-state index in [4.69, 9.17) is 0 Å². The minimum atomic E-state index is 0.128. The Morgan fingerprint density at radius 2 is 1.94 bits per heavy atom. The van der Waals surface area contributed by atoms with E-state index in [9.17, 15) is 5.11 Å². The van der Waals surface area contributed by atoms with Crippen LogP contribution in [0, 0.1) is 0 Å². The molecule has 0 radical (unpaired) electrons. The highest BCUT2D eigenvalue weighted by Gasteiger charge is 1.95. The molecule has 2 rings (SSSR count). The fourth-order valence-corrected chi connectivity index (χ4v) is 1.44. The van der Waals surface area contributed by atoms with Crippen molar-refractivity contribution < 1.29 is 5.11 Å². The summed E-state index contributed by atoms with van der Waals surface area (Å²) in [4.78, 5) is 8.04. The lowest BCUT2D eigenvalue weighted by Gasteiger charge is -1.96. The number of hydrogen-bond acceptors (Lipinski definition) is 3. The van der Waals surface area contributed by atoms with E-state index in [1.54, 1.807) is 18.5 Å². The first-order valence-electron chi connectivity index (χ1n) is 4.68. The van der Waals surface area contributed by atoms with Crippen LogP contribution in [0.4, 0.5) is 5.69 Å². The van der Waals surface area contributed by atoms with Crippen LogP contribution in [0.3, 0.4) is 0 Å². The summed E-state index contributed by atoms with van der Waals surface area (Å²) in [6, 6.07) is 9.31. The molecule has 16 heavy (non-hydrogen) atoms. The standard InChI is InChI=1S/C12H9BrN2O/c13-10-1-3-11(4-2-10)15-7-9-5-6-14-8-12(9)16/h1-8,16H. The van der Waals surface area contributed by atoms with Crippen LogP contribution >= 0.6 is 15.9 Å². The lowest BCUT2D eigenvalue weighted by atomic mass is 10.2. The van der Waals surface area contributed by atoms with Crippen molar-refractivity contribution in [1.82, 2.24) is 4.98 Å². The zero-order valence-electron chi connectivity index (χ0n) is 8.34. The minimum absolute atomic E-state index is 0.128. The fraction of sp³-hybridized carbons (Fsp3) is 0. The van der Waals surface area contributed by atoms with Gasteiger partial charge in [0.1, 0.15) is 5.75 Å². The molecule has 0 unspecified atom stereocenters. The fourth-order valence-electron chi connectivity index (χ4n) is 1.18. The van der Waals surface area contributed by atoms with Crippen molar-refractivity contribution in [2.24, 2.45) is 4.99 Å². The van der Waals surface area contributed by atoms with Crippen LogP contribution in [0.2, 0.25) is 0 Å². The third kappa shape index (κ3) is 2.67. The largest absolute Gasteiger partial charge is 0.506 e. The van der Waals surface area contributed by atoms with E-state index in [1.807, 2.05) is 24.3 Å². The maximum absolute atomic E-state index is 9.47. The van der Waals surface area contributed by atoms with Gasteiger partial charge >= 0.3 is 0 Å². The van der Waals surface area contributed by atoms with E-state index in [2.05, 4.69) is 25.9 Å². The monoisotopic (exact) mass is 276 g/mol. The Morgan fingerprint density at radius 3 is 2.62 bits per heavy atom. The first-order chi connectivity index (χ1) is 7.75. The number of aromatic hydroxyl groups is 1. The quantitative estimate of drug-likeness (QED) is 0.856. The molecule has 0 saturated carbocycles. The van der Waals surface area contributed by atoms with Gasteiger partial charge in [-0.05, 0) is 30.3 Å². The Morgan fingerprint density at radius 1 is 1.19 bits per heavy atom. The van der Waals surface area contributed by atoms with Gasteiger partial charge in [0.2, 0.25) is 0 Å². The summed E-state index contributed by atoms with van der Waals surface area (Å²) in [5, 5.41) is 9.47. The SMILES string of the molecule is Oc1cnccc1C=Nc1ccc(Br)cc1. The third-order valence-electron chi connectivity index (χ3n) is 2.01. The van der Waals surface area contributed by atoms with Crippen LogP contribution in [0.25, 0.3) is 0 Å². The Hall–Kier alpha value is -1.68. The van der Waals surface area contributed by atoms with Crippen molar-refractivity contribution in [3.8, 4) is 5.75 Å². The normalized spacial score (nSPS) is 10.8. The Kier molecular flexibility index (Phi) is 3.31. The second-order valence-electron chi connectivity index (χ2n) is 3.17. The highest BCUT2D eigenvalue weighted by Crippen LogP contribution is 2.18. The average Bonchev–Trinajstić information content (AvgIpc) is 2.30. The number of halogens is 1. The maximum atomic E-state index is 9.47. The predicted octanol–water partition coefficient (Wildman–Crippen LogP) is 3.30. The number of hydrogen-bond donors (Lipinski definition) is 1. The molecule has 4 heteroatoms. The molecule has 2 aromatic rings. The molecule has 3 nitrogen and oxygen atoms in total. The lowest BCUT2D eigenvalue weighted by molar-refractivity contribution is 0.472. The molecule has 0 aliphatic rings. The van der Waals surface area contributed by atoms with Crippen LogP contribution in [0.15, 0.2) is 52.2 Å². The minimum Gasteiger partial charge on any atom is -0.506 e. The predicted molar refractivity (Wildman–Crippen MR) is 67.3 cm³/mol. The summed E-state index contributed by atoms with van der Waals surface area (Å²) in [5.74, 6) is 0.128. The average molecular weight is 277 g/mol. The van der Waals surface area contributed by atoms with E-state index in [0.717, 1.165) is 10.2 Å². The molecule has 0 amide bonds. The van der Waals surface area contributed by atoms with Crippen molar-refractivity contribution in [3.63, 3.8) is 0 Å². The van der Waals surface area contributed by atoms with Gasteiger partial charge in [-0.2, -0.15) is 0 Å². The van der Waals surface area contributed by atoms with Crippen LogP contribution in [0.5, 0.6) is 5.75 Å². The van der Waals surface area contributed by atoms with Crippen LogP contribution in [-0.2, 0) is 0 Å². The van der Waals surface area contributed by atoms with Gasteiger partial charge in [-0.3, -0.25) is 9.98 Å². The van der Waals surface area contributed by atoms with Crippen molar-refractivity contribution >= 4 is 27.8 Å². The first kappa shape index (κ1) is 10.8. The number of pyridine rings is 1. The maximum Gasteiger partial charge on any atom is 0.142 e. The molecule has 0 atom stereocenters. The molecule has 0 fully saturated rings. The van der Waals surface area contributed by atoms with Crippen LogP contribution in [-0.4, -0.2) is 16.3 Å². The zero-order chi connectivity index (χ0) is 11.4. The van der Waals surface area contributed by atoms with E-state index in [-0.39, 0.29) is 5.75 Å². The van der Waals surface area contributed by atoms with Gasteiger partial charge in [-0.1, -0.05) is 15.9 Å². The molecule has 1 aromatic heterocycles. The summed E-state index contributed by atoms with van der Waals surface area (Å²) < 4.78 is 1.01. The number of rotatable bonds is 2. The van der Waals surface area contributed by atoms with Crippen molar-refractivity contribution in [1.29, 1.82) is 0 Å². The molecule has 0 spiro atoms. The van der Waals surface area contributed by atoms with Crippen molar-refractivity contribution in [2.75, 3.05) is 0 Å². The highest BCUT2D eigenvalue weighted by molar-refractivity contribution is 9.10. The summed E-state index contributed by atoms with van der Waals surface area (Å²) in [7, 11) is 0. The molecule has 80 valence electrons. The second kappa shape index (κ2) is 4.90. The lowest BCUT2D eigenvalue weighted by Crippen LogP contribution is -1.82. The van der Waals surface area contributed by atoms with E-state index in [1.165, 1.54) is 6.20 Å². The van der Waals surface area contributed by atoms with E-state index >= 15 is 0 Å². The van der Waals surface area contributed by atoms with Gasteiger partial charge in [-0.25, -0.2) is 0 Å². The Labute approximate surface area is 102 Å². The van der Waals surface area contributed by atoms with Crippen molar-refractivity contribution in [3.05, 3.63) is 52.8 Å². The third-order valence-corrected chi connectivity index (χ3v) is 2.54. The van der Waals surface area contributed by atoms with Gasteiger partial charge < -0.3 is 5.11 Å². The molecule has 0 saturated heterocycles. The molecule has 1 aromatic carbocycles. The van der Waals surface area contributed by atoms with E-state index in [0.29, 0.717) is 5.56 Å². The summed E-state index contributed by atoms with van der Waals surface area (Å²) in [6.45, 7) is 0. The molecule has 0 aliphatic heterocycles. The van der Waals surface area contributed by atoms with Gasteiger partial charge in [0, 0.05) is 22.4 Å². The smallest absolute Gasteiger partial charge is 0.142 e. The number of aromatic nitrogens is 1. The van der Waals surface area contributed by atoms with Crippen LogP contribution in [0.1, 0.15) is 5.56 Å². The number of nitrogens with zero attached hydrogens (tertiary/aromatic N) is 2. The first-order valence-corrected chi connectivity index (χ1v) is 5.47. The summed E-state index contributed by atoms with van der Waals surface area (Å²) in [6.07, 6.45) is 4.62. The Bertz CT molecular complexity index is 509. The van der Waals surface area contributed by atoms with Gasteiger partial charge in [-0.15, -0.1) is 0 Å². The number of aliphatic imine (C=N–C) groups is 1. The Balaban J connectivity index is 2.21. The number of benzene rings is 1. The van der Waals surface area contributed by atoms with Gasteiger partial charge in [0.25, 0.3) is 0 Å². The molecule has 0 bridgehead atoms. The summed E-state index contributed by atoms with van der Waals surface area (Å²) >= 11 is 3.35. The molecule has 1 N–H and O–H groups in total. The molecule has 1 heterocycles.